The third-order valence-corrected chi connectivity index (χ3v) is 3.27. The lowest BCUT2D eigenvalue weighted by Crippen LogP contribution is -2.30. The molecule has 0 heterocycles. The van der Waals surface area contributed by atoms with Crippen molar-refractivity contribution in [2.24, 2.45) is 0 Å². The summed E-state index contributed by atoms with van der Waals surface area (Å²) in [6, 6.07) is 11.9. The van der Waals surface area contributed by atoms with Gasteiger partial charge in [-0.1, -0.05) is 24.3 Å². The van der Waals surface area contributed by atoms with Gasteiger partial charge in [0.2, 0.25) is 0 Å². The van der Waals surface area contributed by atoms with Crippen molar-refractivity contribution in [3.63, 3.8) is 0 Å². The van der Waals surface area contributed by atoms with Crippen LogP contribution in [0.2, 0.25) is 0 Å². The van der Waals surface area contributed by atoms with Crippen molar-refractivity contribution >= 4 is 18.2 Å². The zero-order chi connectivity index (χ0) is 17.4. The lowest BCUT2D eigenvalue weighted by atomic mass is 10.1. The number of amides is 1. The van der Waals surface area contributed by atoms with Crippen LogP contribution < -0.4 is 5.32 Å². The summed E-state index contributed by atoms with van der Waals surface area (Å²) in [5.41, 5.74) is 1.61. The van der Waals surface area contributed by atoms with Crippen molar-refractivity contribution in [1.29, 1.82) is 0 Å². The fourth-order valence-corrected chi connectivity index (χ4v) is 1.96. The van der Waals surface area contributed by atoms with Crippen molar-refractivity contribution in [2.75, 3.05) is 13.2 Å². The topological polar surface area (TPSA) is 72.5 Å². The van der Waals surface area contributed by atoms with Gasteiger partial charge < -0.3 is 10.1 Å². The fourth-order valence-electron chi connectivity index (χ4n) is 1.96. The third-order valence-electron chi connectivity index (χ3n) is 3.27. The number of aldehydes is 1. The summed E-state index contributed by atoms with van der Waals surface area (Å²) in [6.45, 7) is -0.0340. The largest absolute Gasteiger partial charge is 0.452 e. The Morgan fingerprint density at radius 1 is 1.04 bits per heavy atom. The zero-order valence-corrected chi connectivity index (χ0v) is 12.8. The van der Waals surface area contributed by atoms with Gasteiger partial charge in [0.05, 0.1) is 5.56 Å². The second-order valence-electron chi connectivity index (χ2n) is 5.04. The molecule has 0 aromatic heterocycles. The average Bonchev–Trinajstić information content (AvgIpc) is 2.61. The standard InChI is InChI=1S/C18H16FNO4/c19-16-7-3-13(4-8-16)9-10-20-17(22)12-24-18(23)15-5-1-14(11-21)2-6-15/h1-8,11H,9-10,12H2,(H,20,22). The molecule has 0 aliphatic heterocycles. The molecule has 0 spiro atoms. The molecule has 0 saturated carbocycles. The van der Waals surface area contributed by atoms with Gasteiger partial charge >= 0.3 is 5.97 Å². The molecule has 124 valence electrons. The van der Waals surface area contributed by atoms with Crippen molar-refractivity contribution < 1.29 is 23.5 Å². The van der Waals surface area contributed by atoms with Gasteiger partial charge in [0.1, 0.15) is 12.1 Å². The van der Waals surface area contributed by atoms with E-state index in [1.807, 2.05) is 0 Å². The Morgan fingerprint density at radius 3 is 2.33 bits per heavy atom. The van der Waals surface area contributed by atoms with Gasteiger partial charge in [0.15, 0.2) is 6.61 Å². The van der Waals surface area contributed by atoms with E-state index in [9.17, 15) is 18.8 Å². The molecule has 2 aromatic rings. The van der Waals surface area contributed by atoms with E-state index in [0.29, 0.717) is 24.8 Å². The number of carbonyl (C=O) groups is 3. The lowest BCUT2D eigenvalue weighted by Gasteiger charge is -2.07. The number of hydrogen-bond donors (Lipinski definition) is 1. The maximum atomic E-state index is 12.8. The van der Waals surface area contributed by atoms with E-state index < -0.39 is 18.5 Å². The molecule has 0 saturated heterocycles. The molecule has 0 unspecified atom stereocenters. The molecule has 24 heavy (non-hydrogen) atoms. The molecule has 0 bridgehead atoms. The minimum Gasteiger partial charge on any atom is -0.452 e. The molecule has 0 radical (unpaired) electrons. The summed E-state index contributed by atoms with van der Waals surface area (Å²) in [4.78, 5) is 33.9. The van der Waals surface area contributed by atoms with E-state index in [1.165, 1.54) is 36.4 Å². The Bertz CT molecular complexity index is 711. The van der Waals surface area contributed by atoms with Gasteiger partial charge in [0, 0.05) is 12.1 Å². The van der Waals surface area contributed by atoms with Crippen LogP contribution in [-0.2, 0) is 16.0 Å². The molecule has 6 heteroatoms. The monoisotopic (exact) mass is 329 g/mol. The molecular formula is C18H16FNO4. The van der Waals surface area contributed by atoms with Crippen LogP contribution in [0.3, 0.4) is 0 Å². The SMILES string of the molecule is O=Cc1ccc(C(=O)OCC(=O)NCCc2ccc(F)cc2)cc1. The van der Waals surface area contributed by atoms with E-state index in [4.69, 9.17) is 4.74 Å². The number of nitrogens with one attached hydrogen (secondary N) is 1. The van der Waals surface area contributed by atoms with E-state index in [1.54, 1.807) is 12.1 Å². The maximum absolute atomic E-state index is 12.8. The zero-order valence-electron chi connectivity index (χ0n) is 12.8. The highest BCUT2D eigenvalue weighted by Gasteiger charge is 2.10. The second kappa shape index (κ2) is 8.57. The molecular weight excluding hydrogens is 313 g/mol. The number of rotatable bonds is 7. The van der Waals surface area contributed by atoms with Crippen LogP contribution in [0.1, 0.15) is 26.3 Å². The Labute approximate surface area is 138 Å². The summed E-state index contributed by atoms with van der Waals surface area (Å²) >= 11 is 0. The molecule has 2 aromatic carbocycles. The Kier molecular flexibility index (Phi) is 6.19. The first-order chi connectivity index (χ1) is 11.6. The molecule has 2 rings (SSSR count). The first-order valence-corrected chi connectivity index (χ1v) is 7.32. The van der Waals surface area contributed by atoms with Gasteiger partial charge in [-0.2, -0.15) is 0 Å². The number of halogens is 1. The average molecular weight is 329 g/mol. The van der Waals surface area contributed by atoms with Crippen LogP contribution >= 0.6 is 0 Å². The second-order valence-corrected chi connectivity index (χ2v) is 5.04. The summed E-state index contributed by atoms with van der Waals surface area (Å²) in [6.07, 6.45) is 1.22. The molecule has 1 amide bonds. The molecule has 5 nitrogen and oxygen atoms in total. The summed E-state index contributed by atoms with van der Waals surface area (Å²) in [5.74, 6) is -1.37. The molecule has 1 N–H and O–H groups in total. The highest BCUT2D eigenvalue weighted by molar-refractivity contribution is 5.92. The number of benzene rings is 2. The van der Waals surface area contributed by atoms with Gasteiger partial charge in [-0.05, 0) is 36.2 Å². The van der Waals surface area contributed by atoms with E-state index in [2.05, 4.69) is 5.32 Å². The minimum absolute atomic E-state index is 0.264. The van der Waals surface area contributed by atoms with Gasteiger partial charge in [0.25, 0.3) is 5.91 Å². The summed E-state index contributed by atoms with van der Waals surface area (Å²) < 4.78 is 17.7. The minimum atomic E-state index is -0.638. The number of ether oxygens (including phenoxy) is 1. The van der Waals surface area contributed by atoms with E-state index in [-0.39, 0.29) is 11.4 Å². The smallest absolute Gasteiger partial charge is 0.338 e. The van der Waals surface area contributed by atoms with Crippen molar-refractivity contribution in [3.05, 3.63) is 71.0 Å². The van der Waals surface area contributed by atoms with Gasteiger partial charge in [-0.15, -0.1) is 0 Å². The predicted molar refractivity (Wildman–Crippen MR) is 85.2 cm³/mol. The predicted octanol–water partition coefficient (Wildman–Crippen LogP) is 2.15. The highest BCUT2D eigenvalue weighted by Crippen LogP contribution is 2.05. The van der Waals surface area contributed by atoms with Crippen molar-refractivity contribution in [3.8, 4) is 0 Å². The normalized spacial score (nSPS) is 10.0. The third kappa shape index (κ3) is 5.31. The number of carbonyl (C=O) groups excluding carboxylic acids is 3. The quantitative estimate of drug-likeness (QED) is 0.624. The highest BCUT2D eigenvalue weighted by atomic mass is 19.1. The van der Waals surface area contributed by atoms with Gasteiger partial charge in [-0.3, -0.25) is 9.59 Å². The maximum Gasteiger partial charge on any atom is 0.338 e. The first kappa shape index (κ1) is 17.3. The van der Waals surface area contributed by atoms with Crippen LogP contribution in [-0.4, -0.2) is 31.3 Å². The molecule has 0 aliphatic carbocycles. The summed E-state index contributed by atoms with van der Waals surface area (Å²) in [5, 5.41) is 2.61. The fraction of sp³-hybridized carbons (Fsp3) is 0.167. The lowest BCUT2D eigenvalue weighted by molar-refractivity contribution is -0.124. The summed E-state index contributed by atoms with van der Waals surface area (Å²) in [7, 11) is 0. The molecule has 0 aliphatic rings. The Hall–Kier alpha value is -3.02. The van der Waals surface area contributed by atoms with Crippen LogP contribution in [0.4, 0.5) is 4.39 Å². The van der Waals surface area contributed by atoms with Crippen LogP contribution in [0.15, 0.2) is 48.5 Å². The molecule has 0 fully saturated rings. The van der Waals surface area contributed by atoms with E-state index in [0.717, 1.165) is 5.56 Å². The van der Waals surface area contributed by atoms with E-state index >= 15 is 0 Å². The number of hydrogen-bond acceptors (Lipinski definition) is 4. The van der Waals surface area contributed by atoms with Crippen LogP contribution in [0.25, 0.3) is 0 Å². The Morgan fingerprint density at radius 2 is 1.71 bits per heavy atom. The molecule has 0 atom stereocenters. The van der Waals surface area contributed by atoms with Crippen LogP contribution in [0.5, 0.6) is 0 Å². The van der Waals surface area contributed by atoms with Crippen molar-refractivity contribution in [2.45, 2.75) is 6.42 Å². The Balaban J connectivity index is 1.71. The van der Waals surface area contributed by atoms with Crippen LogP contribution in [0, 0.1) is 5.82 Å². The number of esters is 1. The van der Waals surface area contributed by atoms with Gasteiger partial charge in [-0.25, -0.2) is 9.18 Å². The van der Waals surface area contributed by atoms with Crippen molar-refractivity contribution in [1.82, 2.24) is 5.32 Å². The first-order valence-electron chi connectivity index (χ1n) is 7.32.